The molecule has 0 atom stereocenters. The van der Waals surface area contributed by atoms with Crippen molar-refractivity contribution in [2.24, 2.45) is 7.05 Å². The molecule has 0 aliphatic carbocycles. The van der Waals surface area contributed by atoms with Crippen LogP contribution in [0.4, 0.5) is 5.69 Å². The zero-order valence-corrected chi connectivity index (χ0v) is 11.6. The summed E-state index contributed by atoms with van der Waals surface area (Å²) in [4.78, 5) is 16.0. The number of aromatic nitrogens is 2. The van der Waals surface area contributed by atoms with Gasteiger partial charge in [0.25, 0.3) is 5.91 Å². The maximum Gasteiger partial charge on any atom is 0.272 e. The molecular formula is C12H12BrN3O2. The van der Waals surface area contributed by atoms with Gasteiger partial charge < -0.3 is 14.6 Å². The number of amides is 1. The van der Waals surface area contributed by atoms with Crippen molar-refractivity contribution in [1.29, 1.82) is 0 Å². The molecule has 2 aromatic rings. The number of pyridine rings is 1. The number of nitrogens with one attached hydrogen (secondary N) is 1. The van der Waals surface area contributed by atoms with Gasteiger partial charge >= 0.3 is 0 Å². The van der Waals surface area contributed by atoms with E-state index in [2.05, 4.69) is 26.2 Å². The van der Waals surface area contributed by atoms with E-state index in [4.69, 9.17) is 4.74 Å². The van der Waals surface area contributed by atoms with E-state index in [1.807, 2.05) is 13.2 Å². The van der Waals surface area contributed by atoms with Gasteiger partial charge in [-0.1, -0.05) is 0 Å². The first-order valence-corrected chi connectivity index (χ1v) is 6.02. The number of halogens is 1. The molecule has 0 fully saturated rings. The summed E-state index contributed by atoms with van der Waals surface area (Å²) < 4.78 is 7.61. The summed E-state index contributed by atoms with van der Waals surface area (Å²) in [7, 11) is 3.34. The highest BCUT2D eigenvalue weighted by atomic mass is 79.9. The van der Waals surface area contributed by atoms with Gasteiger partial charge in [0.1, 0.15) is 5.69 Å². The molecule has 18 heavy (non-hydrogen) atoms. The maximum atomic E-state index is 12.0. The first-order chi connectivity index (χ1) is 8.60. The smallest absolute Gasteiger partial charge is 0.272 e. The quantitative estimate of drug-likeness (QED) is 0.947. The molecule has 0 spiro atoms. The molecule has 2 aromatic heterocycles. The van der Waals surface area contributed by atoms with Crippen molar-refractivity contribution in [1.82, 2.24) is 9.55 Å². The highest BCUT2D eigenvalue weighted by Gasteiger charge is 2.11. The molecule has 5 nitrogen and oxygen atoms in total. The van der Waals surface area contributed by atoms with Crippen molar-refractivity contribution in [2.75, 3.05) is 12.4 Å². The van der Waals surface area contributed by atoms with E-state index in [1.54, 1.807) is 29.0 Å². The van der Waals surface area contributed by atoms with Crippen molar-refractivity contribution in [3.8, 4) is 5.88 Å². The van der Waals surface area contributed by atoms with Crippen molar-refractivity contribution >= 4 is 27.5 Å². The Morgan fingerprint density at radius 3 is 2.89 bits per heavy atom. The molecule has 2 rings (SSSR count). The van der Waals surface area contributed by atoms with Gasteiger partial charge in [0, 0.05) is 35.7 Å². The zero-order valence-electron chi connectivity index (χ0n) is 9.98. The standard InChI is InChI=1S/C12H12BrN3O2/c1-16-7-8(13)5-10(16)12(17)15-9-3-4-14-11(6-9)18-2/h3-7H,1-2H3,(H,14,15,17). The van der Waals surface area contributed by atoms with E-state index < -0.39 is 0 Å². The highest BCUT2D eigenvalue weighted by Crippen LogP contribution is 2.17. The van der Waals surface area contributed by atoms with Gasteiger partial charge in [-0.15, -0.1) is 0 Å². The van der Waals surface area contributed by atoms with Gasteiger partial charge in [-0.3, -0.25) is 4.79 Å². The molecule has 0 unspecified atom stereocenters. The van der Waals surface area contributed by atoms with E-state index in [0.717, 1.165) is 4.47 Å². The van der Waals surface area contributed by atoms with Crippen LogP contribution in [-0.2, 0) is 7.05 Å². The van der Waals surface area contributed by atoms with Gasteiger partial charge in [0.15, 0.2) is 0 Å². The summed E-state index contributed by atoms with van der Waals surface area (Å²) in [6, 6.07) is 5.13. The second-order valence-electron chi connectivity index (χ2n) is 3.70. The monoisotopic (exact) mass is 309 g/mol. The van der Waals surface area contributed by atoms with Crippen molar-refractivity contribution < 1.29 is 9.53 Å². The molecule has 0 aliphatic rings. The van der Waals surface area contributed by atoms with Gasteiger partial charge in [-0.05, 0) is 28.1 Å². The summed E-state index contributed by atoms with van der Waals surface area (Å²) in [5, 5.41) is 2.79. The average Bonchev–Trinajstić information content (AvgIpc) is 2.69. The fraction of sp³-hybridized carbons (Fsp3) is 0.167. The Bertz CT molecular complexity index is 580. The fourth-order valence-corrected chi connectivity index (χ4v) is 2.07. The molecule has 0 radical (unpaired) electrons. The largest absolute Gasteiger partial charge is 0.481 e. The normalized spacial score (nSPS) is 10.2. The Morgan fingerprint density at radius 2 is 2.28 bits per heavy atom. The molecule has 1 N–H and O–H groups in total. The molecule has 0 bridgehead atoms. The van der Waals surface area contributed by atoms with Crippen LogP contribution in [0.25, 0.3) is 0 Å². The molecule has 2 heterocycles. The summed E-state index contributed by atoms with van der Waals surface area (Å²) >= 11 is 3.33. The summed E-state index contributed by atoms with van der Waals surface area (Å²) in [5.74, 6) is 0.275. The van der Waals surface area contributed by atoms with Crippen molar-refractivity contribution in [3.05, 3.63) is 40.8 Å². The van der Waals surface area contributed by atoms with Gasteiger partial charge in [-0.2, -0.15) is 0 Å². The predicted molar refractivity (Wildman–Crippen MR) is 71.9 cm³/mol. The van der Waals surface area contributed by atoms with Crippen LogP contribution in [0.1, 0.15) is 10.5 Å². The SMILES string of the molecule is COc1cc(NC(=O)c2cc(Br)cn2C)ccn1. The third-order valence-corrected chi connectivity index (χ3v) is 2.84. The fourth-order valence-electron chi connectivity index (χ4n) is 1.54. The Morgan fingerprint density at radius 1 is 1.50 bits per heavy atom. The summed E-state index contributed by atoms with van der Waals surface area (Å²) in [6.45, 7) is 0. The Kier molecular flexibility index (Phi) is 3.66. The Balaban J connectivity index is 2.18. The number of hydrogen-bond acceptors (Lipinski definition) is 3. The van der Waals surface area contributed by atoms with Crippen LogP contribution < -0.4 is 10.1 Å². The number of ether oxygens (including phenoxy) is 1. The second kappa shape index (κ2) is 5.22. The lowest BCUT2D eigenvalue weighted by Gasteiger charge is -2.06. The number of carbonyl (C=O) groups excluding carboxylic acids is 1. The third kappa shape index (κ3) is 2.70. The van der Waals surface area contributed by atoms with E-state index in [1.165, 1.54) is 7.11 Å². The summed E-state index contributed by atoms with van der Waals surface area (Å²) in [6.07, 6.45) is 3.40. The second-order valence-corrected chi connectivity index (χ2v) is 4.61. The van der Waals surface area contributed by atoms with Crippen molar-refractivity contribution in [3.63, 3.8) is 0 Å². The van der Waals surface area contributed by atoms with Gasteiger partial charge in [0.2, 0.25) is 5.88 Å². The molecule has 0 aromatic carbocycles. The average molecular weight is 310 g/mol. The molecule has 1 amide bonds. The first-order valence-electron chi connectivity index (χ1n) is 5.23. The third-order valence-electron chi connectivity index (χ3n) is 2.41. The van der Waals surface area contributed by atoms with Crippen LogP contribution in [0, 0.1) is 0 Å². The van der Waals surface area contributed by atoms with Crippen molar-refractivity contribution in [2.45, 2.75) is 0 Å². The van der Waals surface area contributed by atoms with E-state index in [9.17, 15) is 4.79 Å². The van der Waals surface area contributed by atoms with E-state index in [-0.39, 0.29) is 5.91 Å². The number of nitrogens with zero attached hydrogens (tertiary/aromatic N) is 2. The minimum atomic E-state index is -0.184. The lowest BCUT2D eigenvalue weighted by molar-refractivity contribution is 0.101. The van der Waals surface area contributed by atoms with Crippen LogP contribution in [0.2, 0.25) is 0 Å². The number of methoxy groups -OCH3 is 1. The molecule has 0 saturated heterocycles. The lowest BCUT2D eigenvalue weighted by Crippen LogP contribution is -2.15. The van der Waals surface area contributed by atoms with Gasteiger partial charge in [0.05, 0.1) is 7.11 Å². The minimum Gasteiger partial charge on any atom is -0.481 e. The zero-order chi connectivity index (χ0) is 13.1. The van der Waals surface area contributed by atoms with Crippen LogP contribution >= 0.6 is 15.9 Å². The summed E-state index contributed by atoms with van der Waals surface area (Å²) in [5.41, 5.74) is 1.21. The van der Waals surface area contributed by atoms with Crippen LogP contribution in [0.3, 0.4) is 0 Å². The number of rotatable bonds is 3. The van der Waals surface area contributed by atoms with Crippen LogP contribution in [0.5, 0.6) is 5.88 Å². The topological polar surface area (TPSA) is 56.1 Å². The molecular weight excluding hydrogens is 298 g/mol. The van der Waals surface area contributed by atoms with E-state index >= 15 is 0 Å². The molecule has 94 valence electrons. The van der Waals surface area contributed by atoms with Gasteiger partial charge in [-0.25, -0.2) is 4.98 Å². The van der Waals surface area contributed by atoms with E-state index in [0.29, 0.717) is 17.3 Å². The van der Waals surface area contributed by atoms with Crippen LogP contribution in [-0.4, -0.2) is 22.6 Å². The number of hydrogen-bond donors (Lipinski definition) is 1. The maximum absolute atomic E-state index is 12.0. The molecule has 6 heteroatoms. The number of aryl methyl sites for hydroxylation is 1. The predicted octanol–water partition coefficient (Wildman–Crippen LogP) is 2.44. The molecule has 0 aliphatic heterocycles. The first kappa shape index (κ1) is 12.6. The lowest BCUT2D eigenvalue weighted by atomic mass is 10.3. The Labute approximate surface area is 113 Å². The Hall–Kier alpha value is -1.82. The molecule has 0 saturated carbocycles. The van der Waals surface area contributed by atoms with Crippen LogP contribution in [0.15, 0.2) is 35.1 Å². The number of anilines is 1. The number of carbonyl (C=O) groups is 1. The minimum absolute atomic E-state index is 0.184. The highest BCUT2D eigenvalue weighted by molar-refractivity contribution is 9.10.